The van der Waals surface area contributed by atoms with Crippen molar-refractivity contribution in [1.29, 1.82) is 0 Å². The lowest BCUT2D eigenvalue weighted by Crippen LogP contribution is -2.61. The van der Waals surface area contributed by atoms with Gasteiger partial charge in [-0.15, -0.1) is 0 Å². The molecule has 0 aliphatic carbocycles. The minimum absolute atomic E-state index is 0.0366. The van der Waals surface area contributed by atoms with Crippen molar-refractivity contribution in [3.63, 3.8) is 0 Å². The number of carbonyl (C=O) groups is 10. The quantitative estimate of drug-likeness (QED) is 0.0178. The van der Waals surface area contributed by atoms with Gasteiger partial charge < -0.3 is 87.7 Å². The molecule has 0 bridgehead atoms. The fraction of sp³-hybridized carbons (Fsp3) is 0.712. The number of nitrogens with zero attached hydrogens (tertiary/aromatic N) is 3. The average Bonchev–Trinajstić information content (AvgIpc) is 3.89. The molecule has 2 unspecified atom stereocenters. The van der Waals surface area contributed by atoms with Crippen LogP contribution in [0.15, 0.2) is 22.5 Å². The number of hydrogen-bond donors (Lipinski definition) is 16. The summed E-state index contributed by atoms with van der Waals surface area (Å²) in [5.41, 5.74) is 38.5. The summed E-state index contributed by atoms with van der Waals surface area (Å²) in [4.78, 5) is 151. The Bertz CT molecular complexity index is 2280. The van der Waals surface area contributed by atoms with Crippen molar-refractivity contribution < 1.29 is 47.9 Å². The van der Waals surface area contributed by atoms with Gasteiger partial charge in [-0.1, -0.05) is 75.7 Å². The Kier molecular flexibility index (Phi) is 31.7. The maximum Gasteiger partial charge on any atom is 0.243 e. The second-order valence-electron chi connectivity index (χ2n) is 22.4. The van der Waals surface area contributed by atoms with Crippen LogP contribution in [0.25, 0.3) is 0 Å². The molecule has 1 aromatic rings. The van der Waals surface area contributed by atoms with E-state index in [4.69, 9.17) is 40.1 Å². The van der Waals surface area contributed by atoms with Crippen LogP contribution in [0.3, 0.4) is 0 Å². The molecule has 1 heterocycles. The van der Waals surface area contributed by atoms with Crippen LogP contribution < -0.4 is 82.7 Å². The van der Waals surface area contributed by atoms with Crippen molar-refractivity contribution in [3.8, 4) is 0 Å². The number of aromatic nitrogens is 2. The standard InChI is InChI=1S/C52H95N19O10/c1-11-29(7)40(71-43(75)32(12-2)64-42(74)31(53)15-13-19-61-50(56)57)49(81)69-36(22-28(5)6)46(78)68-37(23-30-25-60-26-63-30)47(79)66-34(16-14-20-62-51(58)59)44(76)70-38(24-52(8,9)10)48(80)67-35(21-27(3)4)45(77)65-33(41(55)73)17-18-39(54)72/h25-29,31-38,40H,11-24,53H2,1-10H3,(H2,54,72)(H2,55,73)(H,60,63)(H,64,74)(H,65,77)(H,66,79)(H,67,80)(H,68,78)(H,69,81)(H,70,76)(H,71,75)(H4,56,57,61)(H4,58,59,62)/t29-,31-,32?,33-,34-,35-,36-,37-,38?,40-/m0/s1. The van der Waals surface area contributed by atoms with Crippen LogP contribution in [0.2, 0.25) is 0 Å². The van der Waals surface area contributed by atoms with Crippen LogP contribution in [-0.2, 0) is 54.4 Å². The topological polar surface area (TPSA) is 502 Å². The third-order valence-corrected chi connectivity index (χ3v) is 12.8. The highest BCUT2D eigenvalue weighted by Gasteiger charge is 2.37. The van der Waals surface area contributed by atoms with E-state index in [2.05, 4.69) is 62.5 Å². The molecule has 10 atom stereocenters. The van der Waals surface area contributed by atoms with Crippen molar-refractivity contribution in [1.82, 2.24) is 52.5 Å². The number of hydrogen-bond acceptors (Lipinski definition) is 14. The molecular formula is C52H95N19O10. The Hall–Kier alpha value is -7.59. The zero-order chi connectivity index (χ0) is 61.7. The number of amides is 10. The fourth-order valence-electron chi connectivity index (χ4n) is 8.26. The number of nitrogens with two attached hydrogens (primary N) is 7. The molecule has 29 nitrogen and oxygen atoms in total. The lowest BCUT2D eigenvalue weighted by atomic mass is 9.87. The van der Waals surface area contributed by atoms with Gasteiger partial charge in [-0.05, 0) is 81.0 Å². The summed E-state index contributed by atoms with van der Waals surface area (Å²) in [6, 6.07) is -11.1. The van der Waals surface area contributed by atoms with E-state index in [9.17, 15) is 47.9 Å². The number of rotatable bonds is 38. The number of nitrogens with one attached hydrogen (secondary N) is 9. The van der Waals surface area contributed by atoms with E-state index in [0.717, 1.165) is 0 Å². The molecule has 10 amide bonds. The molecule has 0 spiro atoms. The summed E-state index contributed by atoms with van der Waals surface area (Å²) in [5.74, 6) is -8.68. The summed E-state index contributed by atoms with van der Waals surface area (Å²) in [7, 11) is 0. The van der Waals surface area contributed by atoms with Gasteiger partial charge in [-0.25, -0.2) is 4.98 Å². The molecule has 1 rings (SSSR count). The summed E-state index contributed by atoms with van der Waals surface area (Å²) < 4.78 is 0. The van der Waals surface area contributed by atoms with Crippen LogP contribution in [0.1, 0.15) is 146 Å². The third-order valence-electron chi connectivity index (χ3n) is 12.8. The van der Waals surface area contributed by atoms with Gasteiger partial charge in [-0.3, -0.25) is 57.9 Å². The highest BCUT2D eigenvalue weighted by molar-refractivity contribution is 5.98. The molecule has 1 aromatic heterocycles. The van der Waals surface area contributed by atoms with Crippen LogP contribution >= 0.6 is 0 Å². The first-order valence-corrected chi connectivity index (χ1v) is 27.6. The Morgan fingerprint density at radius 2 is 0.988 bits per heavy atom. The maximum absolute atomic E-state index is 14.6. The van der Waals surface area contributed by atoms with Gasteiger partial charge in [0, 0.05) is 37.8 Å². The first kappa shape index (κ1) is 71.4. The summed E-state index contributed by atoms with van der Waals surface area (Å²) >= 11 is 0. The van der Waals surface area contributed by atoms with Crippen LogP contribution in [-0.4, -0.2) is 148 Å². The predicted molar refractivity (Wildman–Crippen MR) is 306 cm³/mol. The minimum atomic E-state index is -1.41. The van der Waals surface area contributed by atoms with Gasteiger partial charge in [0.1, 0.15) is 48.3 Å². The van der Waals surface area contributed by atoms with E-state index in [-0.39, 0.29) is 101 Å². The molecule has 23 N–H and O–H groups in total. The molecule has 0 aromatic carbocycles. The van der Waals surface area contributed by atoms with Crippen LogP contribution in [0, 0.1) is 23.2 Å². The van der Waals surface area contributed by atoms with Gasteiger partial charge >= 0.3 is 0 Å². The smallest absolute Gasteiger partial charge is 0.243 e. The summed E-state index contributed by atoms with van der Waals surface area (Å²) in [5, 5.41) is 21.6. The largest absolute Gasteiger partial charge is 0.370 e. The molecule has 0 saturated carbocycles. The highest BCUT2D eigenvalue weighted by Crippen LogP contribution is 2.22. The van der Waals surface area contributed by atoms with E-state index in [1.54, 1.807) is 27.7 Å². The van der Waals surface area contributed by atoms with Gasteiger partial charge in [0.25, 0.3) is 0 Å². The minimum Gasteiger partial charge on any atom is -0.370 e. The van der Waals surface area contributed by atoms with Crippen LogP contribution in [0.5, 0.6) is 0 Å². The van der Waals surface area contributed by atoms with Gasteiger partial charge in [0.05, 0.1) is 12.4 Å². The van der Waals surface area contributed by atoms with Crippen molar-refractivity contribution in [2.75, 3.05) is 13.1 Å². The molecule has 0 radical (unpaired) electrons. The Morgan fingerprint density at radius 3 is 1.46 bits per heavy atom. The van der Waals surface area contributed by atoms with Crippen molar-refractivity contribution in [2.24, 2.45) is 73.3 Å². The number of H-pyrrole nitrogens is 1. The average molecular weight is 1150 g/mol. The number of aromatic amines is 1. The fourth-order valence-corrected chi connectivity index (χ4v) is 8.26. The summed E-state index contributed by atoms with van der Waals surface area (Å²) in [6.45, 7) is 18.2. The Balaban J connectivity index is 3.62. The van der Waals surface area contributed by atoms with Crippen molar-refractivity contribution >= 4 is 71.0 Å². The molecule has 458 valence electrons. The molecule has 0 aliphatic rings. The summed E-state index contributed by atoms with van der Waals surface area (Å²) in [6.07, 6.45) is 3.71. The monoisotopic (exact) mass is 1150 g/mol. The van der Waals surface area contributed by atoms with E-state index in [1.165, 1.54) is 12.5 Å². The normalized spacial score (nSPS) is 15.1. The molecule has 81 heavy (non-hydrogen) atoms. The highest BCUT2D eigenvalue weighted by atomic mass is 16.2. The number of aliphatic imine (C=N–C) groups is 2. The number of primary amides is 2. The lowest BCUT2D eigenvalue weighted by molar-refractivity contribution is -0.136. The Morgan fingerprint density at radius 1 is 0.543 bits per heavy atom. The SMILES string of the molecule is CCC(NC(=O)[C@@H](N)CCCN=C(N)N)C(=O)N[C@H](C(=O)N[C@@H](CC(C)C)C(=O)N[C@@H](Cc1cnc[nH]1)C(=O)N[C@@H](CCCN=C(N)N)C(=O)NC(CC(C)(C)C)C(=O)N[C@@H](CC(C)C)C(=O)N[C@@H](CCC(N)=O)C(N)=O)[C@@H](C)CC. The van der Waals surface area contributed by atoms with E-state index < -0.39 is 125 Å². The number of imidazole rings is 1. The van der Waals surface area contributed by atoms with E-state index in [1.807, 2.05) is 41.5 Å². The Labute approximate surface area is 475 Å². The zero-order valence-electron chi connectivity index (χ0n) is 48.9. The second kappa shape index (κ2) is 35.9. The predicted octanol–water partition coefficient (Wildman–Crippen LogP) is -3.00. The van der Waals surface area contributed by atoms with Gasteiger partial charge in [0.15, 0.2) is 11.9 Å². The first-order chi connectivity index (χ1) is 37.8. The maximum atomic E-state index is 14.6. The first-order valence-electron chi connectivity index (χ1n) is 27.6. The lowest BCUT2D eigenvalue weighted by Gasteiger charge is -2.31. The van der Waals surface area contributed by atoms with Crippen molar-refractivity contribution in [3.05, 3.63) is 18.2 Å². The third kappa shape index (κ3) is 28.9. The molecule has 0 fully saturated rings. The number of guanidine groups is 2. The second-order valence-corrected chi connectivity index (χ2v) is 22.4. The van der Waals surface area contributed by atoms with Crippen LogP contribution in [0.4, 0.5) is 0 Å². The van der Waals surface area contributed by atoms with E-state index in [0.29, 0.717) is 18.5 Å². The molecule has 0 aliphatic heterocycles. The molecule has 0 saturated heterocycles. The molecule has 29 heteroatoms. The van der Waals surface area contributed by atoms with Gasteiger partial charge in [-0.2, -0.15) is 0 Å². The number of carbonyl (C=O) groups excluding carboxylic acids is 10. The zero-order valence-corrected chi connectivity index (χ0v) is 48.9. The van der Waals surface area contributed by atoms with Gasteiger partial charge in [0.2, 0.25) is 59.1 Å². The molecular weight excluding hydrogens is 1050 g/mol. The van der Waals surface area contributed by atoms with E-state index >= 15 is 0 Å². The van der Waals surface area contributed by atoms with Crippen molar-refractivity contribution in [2.45, 2.75) is 201 Å².